The van der Waals surface area contributed by atoms with E-state index in [-0.39, 0.29) is 0 Å². The van der Waals surface area contributed by atoms with Gasteiger partial charge in [0.25, 0.3) is 5.91 Å². The fraction of sp³-hybridized carbons (Fsp3) is 0.318. The Hall–Kier alpha value is -3.11. The SMILES string of the molecule is COc1ccc(/C=C/C(=O)OCC(=O)Nc2sc3c(c2C#N)CC[C@H](C)C3)cc1. The molecule has 0 bridgehead atoms. The number of thiophene rings is 1. The van der Waals surface area contributed by atoms with Gasteiger partial charge in [0.2, 0.25) is 0 Å². The molecule has 0 spiro atoms. The van der Waals surface area contributed by atoms with E-state index in [4.69, 9.17) is 9.47 Å². The molecule has 1 atom stereocenters. The molecule has 0 aliphatic heterocycles. The number of hydrogen-bond acceptors (Lipinski definition) is 6. The first-order chi connectivity index (χ1) is 14.0. The minimum atomic E-state index is -0.615. The predicted octanol–water partition coefficient (Wildman–Crippen LogP) is 3.95. The summed E-state index contributed by atoms with van der Waals surface area (Å²) in [5.74, 6) is 0.229. The number of nitrogens with one attached hydrogen (secondary N) is 1. The summed E-state index contributed by atoms with van der Waals surface area (Å²) in [6.07, 6.45) is 5.69. The number of methoxy groups -OCH3 is 1. The standard InChI is InChI=1S/C22H22N2O4S/c1-14-3-9-17-18(12-23)22(29-19(17)11-14)24-20(25)13-28-21(26)10-6-15-4-7-16(27-2)8-5-15/h4-8,10,14H,3,9,11,13H2,1-2H3,(H,24,25)/b10-6+/t14-/m0/s1. The number of carbonyl (C=O) groups excluding carboxylic acids is 2. The Balaban J connectivity index is 1.54. The first kappa shape index (κ1) is 20.6. The van der Waals surface area contributed by atoms with Crippen molar-refractivity contribution in [3.63, 3.8) is 0 Å². The molecule has 1 N–H and O–H groups in total. The molecular weight excluding hydrogens is 388 g/mol. The number of fused-ring (bicyclic) bond motifs is 1. The molecule has 0 saturated heterocycles. The molecule has 0 radical (unpaired) electrons. The van der Waals surface area contributed by atoms with Gasteiger partial charge in [-0.2, -0.15) is 5.26 Å². The lowest BCUT2D eigenvalue weighted by atomic mass is 9.89. The highest BCUT2D eigenvalue weighted by Gasteiger charge is 2.24. The number of benzene rings is 1. The molecule has 1 heterocycles. The molecule has 1 aromatic carbocycles. The molecule has 3 rings (SSSR count). The van der Waals surface area contributed by atoms with Gasteiger partial charge in [-0.3, -0.25) is 4.79 Å². The van der Waals surface area contributed by atoms with Crippen LogP contribution >= 0.6 is 11.3 Å². The van der Waals surface area contributed by atoms with Gasteiger partial charge in [0.1, 0.15) is 16.8 Å². The third-order valence-electron chi connectivity index (χ3n) is 4.75. The van der Waals surface area contributed by atoms with Gasteiger partial charge < -0.3 is 14.8 Å². The summed E-state index contributed by atoms with van der Waals surface area (Å²) in [5, 5.41) is 12.7. The van der Waals surface area contributed by atoms with Crippen LogP contribution in [0.2, 0.25) is 0 Å². The highest BCUT2D eigenvalue weighted by Crippen LogP contribution is 2.39. The number of nitrogens with zero attached hydrogens (tertiary/aromatic N) is 1. The van der Waals surface area contributed by atoms with Crippen molar-refractivity contribution in [3.8, 4) is 11.8 Å². The zero-order valence-electron chi connectivity index (χ0n) is 16.4. The van der Waals surface area contributed by atoms with E-state index in [2.05, 4.69) is 18.3 Å². The van der Waals surface area contributed by atoms with Gasteiger partial charge in [0.05, 0.1) is 12.7 Å². The zero-order chi connectivity index (χ0) is 20.8. The average molecular weight is 410 g/mol. The van der Waals surface area contributed by atoms with Crippen molar-refractivity contribution >= 4 is 34.3 Å². The lowest BCUT2D eigenvalue weighted by Crippen LogP contribution is -2.20. The quantitative estimate of drug-likeness (QED) is 0.575. The molecule has 1 aromatic heterocycles. The molecular formula is C22H22N2O4S. The monoisotopic (exact) mass is 410 g/mol. The maximum Gasteiger partial charge on any atom is 0.331 e. The van der Waals surface area contributed by atoms with Gasteiger partial charge in [-0.1, -0.05) is 19.1 Å². The Bertz CT molecular complexity index is 970. The second kappa shape index (κ2) is 9.39. The molecule has 150 valence electrons. The van der Waals surface area contributed by atoms with E-state index in [0.29, 0.717) is 16.5 Å². The topological polar surface area (TPSA) is 88.4 Å². The van der Waals surface area contributed by atoms with E-state index in [0.717, 1.165) is 41.0 Å². The molecule has 0 unspecified atom stereocenters. The molecule has 1 amide bonds. The Morgan fingerprint density at radius 2 is 2.10 bits per heavy atom. The third kappa shape index (κ3) is 5.24. The van der Waals surface area contributed by atoms with Crippen molar-refractivity contribution in [3.05, 3.63) is 51.9 Å². The Morgan fingerprint density at radius 3 is 2.79 bits per heavy atom. The van der Waals surface area contributed by atoms with Gasteiger partial charge in [-0.05, 0) is 54.5 Å². The van der Waals surface area contributed by atoms with Gasteiger partial charge >= 0.3 is 5.97 Å². The smallest absolute Gasteiger partial charge is 0.331 e. The van der Waals surface area contributed by atoms with Crippen molar-refractivity contribution < 1.29 is 19.1 Å². The van der Waals surface area contributed by atoms with Crippen molar-refractivity contribution in [2.45, 2.75) is 26.2 Å². The van der Waals surface area contributed by atoms with Crippen LogP contribution in [0, 0.1) is 17.2 Å². The third-order valence-corrected chi connectivity index (χ3v) is 5.92. The van der Waals surface area contributed by atoms with Crippen LogP contribution in [0.15, 0.2) is 30.3 Å². The Kier molecular flexibility index (Phi) is 6.68. The average Bonchev–Trinajstić information content (AvgIpc) is 3.06. The maximum atomic E-state index is 12.2. The number of ether oxygens (including phenoxy) is 2. The van der Waals surface area contributed by atoms with Crippen LogP contribution in [-0.4, -0.2) is 25.6 Å². The lowest BCUT2D eigenvalue weighted by molar-refractivity contribution is -0.142. The van der Waals surface area contributed by atoms with Crippen molar-refractivity contribution in [1.82, 2.24) is 0 Å². The second-order valence-electron chi connectivity index (χ2n) is 6.93. The maximum absolute atomic E-state index is 12.2. The molecule has 0 fully saturated rings. The summed E-state index contributed by atoms with van der Waals surface area (Å²) >= 11 is 1.44. The number of rotatable bonds is 6. The van der Waals surface area contributed by atoms with Crippen molar-refractivity contribution in [2.24, 2.45) is 5.92 Å². The number of anilines is 1. The highest BCUT2D eigenvalue weighted by molar-refractivity contribution is 7.16. The van der Waals surface area contributed by atoms with Crippen LogP contribution in [0.25, 0.3) is 6.08 Å². The minimum Gasteiger partial charge on any atom is -0.497 e. The van der Waals surface area contributed by atoms with Crippen LogP contribution in [0.3, 0.4) is 0 Å². The number of esters is 1. The van der Waals surface area contributed by atoms with E-state index >= 15 is 0 Å². The first-order valence-corrected chi connectivity index (χ1v) is 10.1. The van der Waals surface area contributed by atoms with E-state index in [9.17, 15) is 14.9 Å². The van der Waals surface area contributed by atoms with Gasteiger partial charge in [0.15, 0.2) is 6.61 Å². The molecule has 1 aliphatic rings. The van der Waals surface area contributed by atoms with E-state index < -0.39 is 18.5 Å². The van der Waals surface area contributed by atoms with E-state index in [1.54, 1.807) is 37.5 Å². The fourth-order valence-corrected chi connectivity index (χ4v) is 4.56. The van der Waals surface area contributed by atoms with E-state index in [1.807, 2.05) is 0 Å². The molecule has 7 heteroatoms. The summed E-state index contributed by atoms with van der Waals surface area (Å²) < 4.78 is 10.1. The van der Waals surface area contributed by atoms with Crippen LogP contribution in [0.5, 0.6) is 5.75 Å². The van der Waals surface area contributed by atoms with Crippen LogP contribution < -0.4 is 10.1 Å². The highest BCUT2D eigenvalue weighted by atomic mass is 32.1. The fourth-order valence-electron chi connectivity index (χ4n) is 3.18. The number of amides is 1. The summed E-state index contributed by atoms with van der Waals surface area (Å²) in [4.78, 5) is 25.2. The molecule has 1 aliphatic carbocycles. The van der Waals surface area contributed by atoms with Crippen molar-refractivity contribution in [2.75, 3.05) is 19.0 Å². The Labute approximate surface area is 173 Å². The van der Waals surface area contributed by atoms with Gasteiger partial charge in [0, 0.05) is 11.0 Å². The van der Waals surface area contributed by atoms with Gasteiger partial charge in [-0.25, -0.2) is 4.79 Å². The minimum absolute atomic E-state index is 0.407. The normalized spacial score (nSPS) is 15.4. The zero-order valence-corrected chi connectivity index (χ0v) is 17.2. The number of carbonyl (C=O) groups is 2. The molecule has 6 nitrogen and oxygen atoms in total. The summed E-state index contributed by atoms with van der Waals surface area (Å²) in [7, 11) is 1.58. The summed E-state index contributed by atoms with van der Waals surface area (Å²) in [6.45, 7) is 1.78. The molecule has 29 heavy (non-hydrogen) atoms. The number of hydrogen-bond donors (Lipinski definition) is 1. The Morgan fingerprint density at radius 1 is 1.34 bits per heavy atom. The van der Waals surface area contributed by atoms with E-state index in [1.165, 1.54) is 17.4 Å². The molecule has 0 saturated carbocycles. The molecule has 2 aromatic rings. The second-order valence-corrected chi connectivity index (χ2v) is 8.04. The van der Waals surface area contributed by atoms with Gasteiger partial charge in [-0.15, -0.1) is 11.3 Å². The van der Waals surface area contributed by atoms with Crippen LogP contribution in [0.4, 0.5) is 5.00 Å². The predicted molar refractivity (Wildman–Crippen MR) is 112 cm³/mol. The summed E-state index contributed by atoms with van der Waals surface area (Å²) in [5.41, 5.74) is 2.39. The van der Waals surface area contributed by atoms with Crippen molar-refractivity contribution in [1.29, 1.82) is 5.26 Å². The lowest BCUT2D eigenvalue weighted by Gasteiger charge is -2.17. The number of nitriles is 1. The van der Waals surface area contributed by atoms with Crippen LogP contribution in [-0.2, 0) is 27.2 Å². The first-order valence-electron chi connectivity index (χ1n) is 9.33. The summed E-state index contributed by atoms with van der Waals surface area (Å²) in [6, 6.07) is 9.38. The van der Waals surface area contributed by atoms with Crippen LogP contribution in [0.1, 0.15) is 34.9 Å². The largest absolute Gasteiger partial charge is 0.497 e.